The molecule has 0 spiro atoms. The zero-order valence-corrected chi connectivity index (χ0v) is 11.8. The van der Waals surface area contributed by atoms with Crippen LogP contribution < -0.4 is 9.67 Å². The first-order chi connectivity index (χ1) is 8.49. The Hall–Kier alpha value is -1.52. The molecule has 0 atom stereocenters. The Labute approximate surface area is 109 Å². The van der Waals surface area contributed by atoms with Gasteiger partial charge in [-0.3, -0.25) is 0 Å². The van der Waals surface area contributed by atoms with Gasteiger partial charge >= 0.3 is 0 Å². The molecule has 1 rings (SSSR count). The first-order valence-electron chi connectivity index (χ1n) is 6.29. The number of unbranched alkanes of at least 4 members (excludes halogenated alkanes) is 1. The summed E-state index contributed by atoms with van der Waals surface area (Å²) in [7, 11) is 1.04. The van der Waals surface area contributed by atoms with Crippen LogP contribution in [0.15, 0.2) is 18.7 Å². The summed E-state index contributed by atoms with van der Waals surface area (Å²) in [6.07, 6.45) is 7.58. The molecule has 5 nitrogen and oxygen atoms in total. The highest BCUT2D eigenvalue weighted by Crippen LogP contribution is 1.95. The smallest absolute Gasteiger partial charge is 0.251 e. The number of carbonyl (C=O) groups excluding carboxylic acids is 1. The van der Waals surface area contributed by atoms with Crippen LogP contribution in [0.4, 0.5) is 4.79 Å². The summed E-state index contributed by atoms with van der Waals surface area (Å²) in [4.78, 5) is 9.03. The number of carboxylic acid groups (broad SMARTS) is 1. The molecule has 0 unspecified atom stereocenters. The summed E-state index contributed by atoms with van der Waals surface area (Å²) in [5.41, 5.74) is 0. The van der Waals surface area contributed by atoms with Crippen molar-refractivity contribution in [3.8, 4) is 0 Å². The van der Waals surface area contributed by atoms with Crippen LogP contribution >= 0.6 is 0 Å². The van der Waals surface area contributed by atoms with Crippen molar-refractivity contribution >= 4 is 6.16 Å². The minimum Gasteiger partial charge on any atom is -0.553 e. The van der Waals surface area contributed by atoms with E-state index in [1.54, 1.807) is 0 Å². The lowest BCUT2D eigenvalue weighted by atomic mass is 10.2. The topological polar surface area (TPSA) is 58.2 Å². The van der Waals surface area contributed by atoms with Gasteiger partial charge in [-0.05, 0) is 12.3 Å². The molecule has 0 saturated heterocycles. The third-order valence-electron chi connectivity index (χ3n) is 2.26. The summed E-state index contributed by atoms with van der Waals surface area (Å²) in [5, 5.41) is 9.03. The van der Waals surface area contributed by atoms with Gasteiger partial charge in [-0.25, -0.2) is 9.13 Å². The number of rotatable bonds is 5. The van der Waals surface area contributed by atoms with Crippen LogP contribution in [0.2, 0.25) is 0 Å². The van der Waals surface area contributed by atoms with Gasteiger partial charge in [-0.2, -0.15) is 0 Å². The van der Waals surface area contributed by atoms with Crippen LogP contribution in [-0.2, 0) is 17.8 Å². The number of nitrogens with zero attached hydrogens (tertiary/aromatic N) is 2. The minimum absolute atomic E-state index is 0.729. The summed E-state index contributed by atoms with van der Waals surface area (Å²) in [6, 6.07) is 0. The Morgan fingerprint density at radius 2 is 2.11 bits per heavy atom. The van der Waals surface area contributed by atoms with Gasteiger partial charge < -0.3 is 14.6 Å². The van der Waals surface area contributed by atoms with E-state index in [2.05, 4.69) is 53.4 Å². The van der Waals surface area contributed by atoms with Crippen molar-refractivity contribution in [2.45, 2.75) is 46.7 Å². The van der Waals surface area contributed by atoms with Crippen molar-refractivity contribution in [1.82, 2.24) is 4.57 Å². The fraction of sp³-hybridized carbons (Fsp3) is 0.692. The van der Waals surface area contributed by atoms with Crippen LogP contribution in [0.25, 0.3) is 0 Å². The van der Waals surface area contributed by atoms with Crippen LogP contribution in [0.1, 0.15) is 33.6 Å². The fourth-order valence-corrected chi connectivity index (χ4v) is 1.44. The summed E-state index contributed by atoms with van der Waals surface area (Å²) in [6.45, 7) is 9.00. The third-order valence-corrected chi connectivity index (χ3v) is 2.26. The number of aromatic nitrogens is 2. The summed E-state index contributed by atoms with van der Waals surface area (Å²) >= 11 is 0. The number of hydrogen-bond acceptors (Lipinski definition) is 3. The Kier molecular flexibility index (Phi) is 8.70. The standard InChI is InChI=1S/C11H21N2.C2H4O3/c1-4-5-6-12-7-8-13(10-12)9-11(2)3;1-5-2(3)4/h7-8,10-11H,4-6,9H2,1-3H3;1H3,(H,3,4)/q+1;/p-1. The number of methoxy groups -OCH3 is 1. The first kappa shape index (κ1) is 16.5. The number of aryl methyl sites for hydroxylation is 1. The quantitative estimate of drug-likeness (QED) is 0.587. The zero-order chi connectivity index (χ0) is 14.0. The Bertz CT molecular complexity index is 335. The molecule has 0 N–H and O–H groups in total. The van der Waals surface area contributed by atoms with Crippen molar-refractivity contribution in [3.05, 3.63) is 18.7 Å². The van der Waals surface area contributed by atoms with Crippen molar-refractivity contribution < 1.29 is 19.2 Å². The van der Waals surface area contributed by atoms with Crippen LogP contribution in [0.3, 0.4) is 0 Å². The number of ether oxygens (including phenoxy) is 1. The second-order valence-electron chi connectivity index (χ2n) is 4.55. The zero-order valence-electron chi connectivity index (χ0n) is 11.8. The molecule has 0 bridgehead atoms. The number of imidazole rings is 1. The van der Waals surface area contributed by atoms with E-state index in [4.69, 9.17) is 9.90 Å². The van der Waals surface area contributed by atoms with E-state index >= 15 is 0 Å². The highest BCUT2D eigenvalue weighted by Gasteiger charge is 2.04. The van der Waals surface area contributed by atoms with Crippen LogP contribution in [-0.4, -0.2) is 17.8 Å². The SMILES string of the molecule is CCCCn1cc[n+](CC(C)C)c1.COC(=O)[O-]. The molecule has 1 heterocycles. The van der Waals surface area contributed by atoms with Crippen LogP contribution in [0.5, 0.6) is 0 Å². The molecule has 0 amide bonds. The van der Waals surface area contributed by atoms with Gasteiger partial charge in [0.2, 0.25) is 6.33 Å². The average molecular weight is 256 g/mol. The van der Waals surface area contributed by atoms with E-state index in [0.717, 1.165) is 26.1 Å². The fourth-order valence-electron chi connectivity index (χ4n) is 1.44. The highest BCUT2D eigenvalue weighted by atomic mass is 16.6. The predicted molar refractivity (Wildman–Crippen MR) is 66.8 cm³/mol. The molecule has 1 aromatic rings. The Balaban J connectivity index is 0.000000494. The molecule has 0 saturated carbocycles. The van der Waals surface area contributed by atoms with Crippen molar-refractivity contribution in [1.29, 1.82) is 0 Å². The molecule has 18 heavy (non-hydrogen) atoms. The van der Waals surface area contributed by atoms with E-state index in [9.17, 15) is 0 Å². The van der Waals surface area contributed by atoms with Gasteiger partial charge in [-0.15, -0.1) is 0 Å². The lowest BCUT2D eigenvalue weighted by Gasteiger charge is -1.98. The Morgan fingerprint density at radius 1 is 1.50 bits per heavy atom. The molecule has 0 radical (unpaired) electrons. The lowest BCUT2D eigenvalue weighted by Crippen LogP contribution is -2.33. The maximum atomic E-state index is 9.03. The molecule has 0 aromatic carbocycles. The molecule has 5 heteroatoms. The maximum Gasteiger partial charge on any atom is 0.251 e. The van der Waals surface area contributed by atoms with E-state index in [-0.39, 0.29) is 0 Å². The first-order valence-corrected chi connectivity index (χ1v) is 6.29. The summed E-state index contributed by atoms with van der Waals surface area (Å²) < 4.78 is 8.09. The largest absolute Gasteiger partial charge is 0.553 e. The second-order valence-corrected chi connectivity index (χ2v) is 4.55. The van der Waals surface area contributed by atoms with Gasteiger partial charge in [0.1, 0.15) is 12.4 Å². The molecule has 104 valence electrons. The van der Waals surface area contributed by atoms with E-state index in [1.807, 2.05) is 0 Å². The predicted octanol–water partition coefficient (Wildman–Crippen LogP) is 1.21. The molecule has 0 fully saturated rings. The number of hydrogen-bond donors (Lipinski definition) is 0. The lowest BCUT2D eigenvalue weighted by molar-refractivity contribution is -0.701. The molecular weight excluding hydrogens is 232 g/mol. The molecule has 0 aliphatic heterocycles. The van der Waals surface area contributed by atoms with Crippen molar-refractivity contribution in [2.24, 2.45) is 5.92 Å². The third kappa shape index (κ3) is 8.61. The van der Waals surface area contributed by atoms with Gasteiger partial charge in [0.25, 0.3) is 6.16 Å². The van der Waals surface area contributed by atoms with E-state index in [0.29, 0.717) is 0 Å². The molecule has 1 aromatic heterocycles. The minimum atomic E-state index is -1.50. The second kappa shape index (κ2) is 9.50. The van der Waals surface area contributed by atoms with Gasteiger partial charge in [0.15, 0.2) is 0 Å². The summed E-state index contributed by atoms with van der Waals surface area (Å²) in [5.74, 6) is 0.729. The van der Waals surface area contributed by atoms with E-state index in [1.165, 1.54) is 12.8 Å². The van der Waals surface area contributed by atoms with Crippen LogP contribution in [0, 0.1) is 5.92 Å². The highest BCUT2D eigenvalue weighted by molar-refractivity contribution is 5.53. The maximum absolute atomic E-state index is 9.03. The van der Waals surface area contributed by atoms with Gasteiger partial charge in [0.05, 0.1) is 13.1 Å². The monoisotopic (exact) mass is 256 g/mol. The van der Waals surface area contributed by atoms with Gasteiger partial charge in [0, 0.05) is 7.11 Å². The number of carbonyl (C=O) groups is 1. The molecule has 0 aliphatic carbocycles. The normalized spacial score (nSPS) is 9.83. The molecule has 0 aliphatic rings. The average Bonchev–Trinajstić information content (AvgIpc) is 2.74. The van der Waals surface area contributed by atoms with E-state index < -0.39 is 6.16 Å². The van der Waals surface area contributed by atoms with Crippen molar-refractivity contribution in [2.75, 3.05) is 7.11 Å². The molecular formula is C13H24N2O3. The Morgan fingerprint density at radius 3 is 2.56 bits per heavy atom. The van der Waals surface area contributed by atoms with Gasteiger partial charge in [-0.1, -0.05) is 27.2 Å². The van der Waals surface area contributed by atoms with Crippen molar-refractivity contribution in [3.63, 3.8) is 0 Å².